The number of ether oxygens (including phenoxy) is 1. The summed E-state index contributed by atoms with van der Waals surface area (Å²) in [5.41, 5.74) is 2.17. The summed E-state index contributed by atoms with van der Waals surface area (Å²) in [5.74, 6) is -0.0857. The van der Waals surface area contributed by atoms with Crippen molar-refractivity contribution < 1.29 is 14.3 Å². The average Bonchev–Trinajstić information content (AvgIpc) is 3.49. The van der Waals surface area contributed by atoms with Crippen LogP contribution in [0.15, 0.2) is 53.9 Å². The van der Waals surface area contributed by atoms with E-state index in [-0.39, 0.29) is 17.7 Å². The van der Waals surface area contributed by atoms with Gasteiger partial charge >= 0.3 is 0 Å². The molecule has 2 aromatic heterocycles. The lowest BCUT2D eigenvalue weighted by atomic mass is 9.95. The van der Waals surface area contributed by atoms with Crippen molar-refractivity contribution in [2.45, 2.75) is 12.8 Å². The van der Waals surface area contributed by atoms with Gasteiger partial charge in [-0.1, -0.05) is 24.3 Å². The average molecular weight is 439 g/mol. The third-order valence-corrected chi connectivity index (χ3v) is 6.35. The number of piperidine rings is 1. The van der Waals surface area contributed by atoms with Crippen molar-refractivity contribution >= 4 is 23.2 Å². The Morgan fingerprint density at radius 1 is 1.16 bits per heavy atom. The largest absolute Gasteiger partial charge is 0.383 e. The van der Waals surface area contributed by atoms with Crippen molar-refractivity contribution in [3.05, 3.63) is 59.6 Å². The minimum atomic E-state index is -0.0679. The van der Waals surface area contributed by atoms with E-state index >= 15 is 0 Å². The van der Waals surface area contributed by atoms with Crippen molar-refractivity contribution in [3.8, 4) is 16.3 Å². The van der Waals surface area contributed by atoms with E-state index in [1.807, 2.05) is 58.8 Å². The minimum absolute atomic E-state index is 0.0402. The zero-order chi connectivity index (χ0) is 21.6. The van der Waals surface area contributed by atoms with Crippen LogP contribution < -0.4 is 5.32 Å². The molecule has 31 heavy (non-hydrogen) atoms. The standard InChI is InChI=1S/C23H26N4O3S/c1-30-14-11-24-22(28)17-9-12-26(13-10-17)23(29)20-16-19(21-8-5-15-31-21)25-27(20)18-6-3-2-4-7-18/h2-8,15-17H,9-14H2,1H3,(H,24,28). The molecule has 0 spiro atoms. The molecular weight excluding hydrogens is 412 g/mol. The van der Waals surface area contributed by atoms with Gasteiger partial charge in [-0.2, -0.15) is 5.10 Å². The van der Waals surface area contributed by atoms with Crippen LogP contribution in [0.1, 0.15) is 23.3 Å². The first kappa shape index (κ1) is 21.3. The smallest absolute Gasteiger partial charge is 0.272 e. The Kier molecular flexibility index (Phi) is 6.79. The second-order valence-electron chi connectivity index (χ2n) is 7.49. The minimum Gasteiger partial charge on any atom is -0.383 e. The van der Waals surface area contributed by atoms with Crippen LogP contribution >= 0.6 is 11.3 Å². The number of rotatable bonds is 7. The molecule has 1 aliphatic rings. The number of aromatic nitrogens is 2. The van der Waals surface area contributed by atoms with Crippen LogP contribution in [0, 0.1) is 5.92 Å². The number of carbonyl (C=O) groups excluding carboxylic acids is 2. The van der Waals surface area contributed by atoms with Gasteiger partial charge in [0, 0.05) is 32.7 Å². The Labute approximate surface area is 185 Å². The summed E-state index contributed by atoms with van der Waals surface area (Å²) in [4.78, 5) is 28.6. The van der Waals surface area contributed by atoms with Gasteiger partial charge in [0.25, 0.3) is 5.91 Å². The number of hydrogen-bond acceptors (Lipinski definition) is 5. The van der Waals surface area contributed by atoms with E-state index in [2.05, 4.69) is 5.32 Å². The number of nitrogens with one attached hydrogen (secondary N) is 1. The fraction of sp³-hybridized carbons (Fsp3) is 0.348. The Morgan fingerprint density at radius 2 is 1.94 bits per heavy atom. The topological polar surface area (TPSA) is 76.5 Å². The van der Waals surface area contributed by atoms with Crippen LogP contribution in [0.2, 0.25) is 0 Å². The van der Waals surface area contributed by atoms with E-state index in [4.69, 9.17) is 9.84 Å². The highest BCUT2D eigenvalue weighted by molar-refractivity contribution is 7.13. The van der Waals surface area contributed by atoms with E-state index in [0.717, 1.165) is 16.3 Å². The molecule has 3 heterocycles. The maximum absolute atomic E-state index is 13.4. The molecule has 0 bridgehead atoms. The van der Waals surface area contributed by atoms with E-state index < -0.39 is 0 Å². The molecule has 0 radical (unpaired) electrons. The summed E-state index contributed by atoms with van der Waals surface area (Å²) < 4.78 is 6.70. The highest BCUT2D eigenvalue weighted by Gasteiger charge is 2.30. The van der Waals surface area contributed by atoms with Gasteiger partial charge in [0.1, 0.15) is 11.4 Å². The SMILES string of the molecule is COCCNC(=O)C1CCN(C(=O)c2cc(-c3cccs3)nn2-c2ccccc2)CC1. The molecule has 4 rings (SSSR count). The lowest BCUT2D eigenvalue weighted by Gasteiger charge is -2.31. The van der Waals surface area contributed by atoms with Gasteiger partial charge in [0.2, 0.25) is 5.91 Å². The monoisotopic (exact) mass is 438 g/mol. The number of amides is 2. The molecule has 2 amide bonds. The summed E-state index contributed by atoms with van der Waals surface area (Å²) in [7, 11) is 1.61. The second-order valence-corrected chi connectivity index (χ2v) is 8.44. The summed E-state index contributed by atoms with van der Waals surface area (Å²) in [6, 6.07) is 15.5. The quantitative estimate of drug-likeness (QED) is 0.575. The Bertz CT molecular complexity index is 1010. The number of thiophene rings is 1. The lowest BCUT2D eigenvalue weighted by Crippen LogP contribution is -2.44. The van der Waals surface area contributed by atoms with Gasteiger partial charge in [0.05, 0.1) is 17.2 Å². The van der Waals surface area contributed by atoms with Crippen LogP contribution in [0.5, 0.6) is 0 Å². The Hall–Kier alpha value is -2.97. The van der Waals surface area contributed by atoms with Crippen LogP contribution in [0.4, 0.5) is 0 Å². The van der Waals surface area contributed by atoms with Crippen molar-refractivity contribution in [3.63, 3.8) is 0 Å². The summed E-state index contributed by atoms with van der Waals surface area (Å²) in [6.07, 6.45) is 1.31. The number of hydrogen-bond donors (Lipinski definition) is 1. The molecule has 0 saturated carbocycles. The van der Waals surface area contributed by atoms with Gasteiger partial charge in [-0.25, -0.2) is 4.68 Å². The van der Waals surface area contributed by atoms with E-state index in [1.165, 1.54) is 0 Å². The first-order valence-electron chi connectivity index (χ1n) is 10.4. The Morgan fingerprint density at radius 3 is 2.61 bits per heavy atom. The van der Waals surface area contributed by atoms with Crippen LogP contribution in [0.25, 0.3) is 16.3 Å². The van der Waals surface area contributed by atoms with Crippen molar-refractivity contribution in [1.82, 2.24) is 20.0 Å². The normalized spacial score (nSPS) is 14.5. The first-order valence-corrected chi connectivity index (χ1v) is 11.3. The van der Waals surface area contributed by atoms with E-state index in [1.54, 1.807) is 23.1 Å². The highest BCUT2D eigenvalue weighted by Crippen LogP contribution is 2.27. The maximum Gasteiger partial charge on any atom is 0.272 e. The summed E-state index contributed by atoms with van der Waals surface area (Å²) in [5, 5.41) is 9.63. The number of para-hydroxylation sites is 1. The summed E-state index contributed by atoms with van der Waals surface area (Å²) >= 11 is 1.60. The molecule has 162 valence electrons. The molecule has 1 N–H and O–H groups in total. The molecular formula is C23H26N4O3S. The van der Waals surface area contributed by atoms with E-state index in [9.17, 15) is 9.59 Å². The number of carbonyl (C=O) groups is 2. The van der Waals surface area contributed by atoms with Gasteiger partial charge in [-0.15, -0.1) is 11.3 Å². The fourth-order valence-corrected chi connectivity index (χ4v) is 4.45. The third-order valence-electron chi connectivity index (χ3n) is 5.46. The molecule has 8 heteroatoms. The predicted molar refractivity (Wildman–Crippen MR) is 120 cm³/mol. The van der Waals surface area contributed by atoms with Gasteiger partial charge in [-0.3, -0.25) is 9.59 Å². The van der Waals surface area contributed by atoms with Crippen LogP contribution in [0.3, 0.4) is 0 Å². The Balaban J connectivity index is 1.50. The van der Waals surface area contributed by atoms with E-state index in [0.29, 0.717) is 44.8 Å². The van der Waals surface area contributed by atoms with Crippen molar-refractivity contribution in [2.24, 2.45) is 5.92 Å². The molecule has 0 atom stereocenters. The van der Waals surface area contributed by atoms with Gasteiger partial charge < -0.3 is 15.0 Å². The molecule has 0 unspecified atom stereocenters. The fourth-order valence-electron chi connectivity index (χ4n) is 3.77. The zero-order valence-electron chi connectivity index (χ0n) is 17.5. The number of methoxy groups -OCH3 is 1. The van der Waals surface area contributed by atoms with Gasteiger partial charge in [0.15, 0.2) is 0 Å². The molecule has 0 aliphatic carbocycles. The number of likely N-dealkylation sites (tertiary alicyclic amines) is 1. The molecule has 1 saturated heterocycles. The lowest BCUT2D eigenvalue weighted by molar-refractivity contribution is -0.126. The molecule has 1 aromatic carbocycles. The molecule has 7 nitrogen and oxygen atoms in total. The highest BCUT2D eigenvalue weighted by atomic mass is 32.1. The predicted octanol–water partition coefficient (Wildman–Crippen LogP) is 3.22. The van der Waals surface area contributed by atoms with Gasteiger partial charge in [-0.05, 0) is 42.5 Å². The molecule has 1 fully saturated rings. The molecule has 1 aliphatic heterocycles. The van der Waals surface area contributed by atoms with Crippen molar-refractivity contribution in [1.29, 1.82) is 0 Å². The van der Waals surface area contributed by atoms with Crippen molar-refractivity contribution in [2.75, 3.05) is 33.4 Å². The van der Waals surface area contributed by atoms with Crippen LogP contribution in [-0.2, 0) is 9.53 Å². The van der Waals surface area contributed by atoms with Crippen LogP contribution in [-0.4, -0.2) is 59.8 Å². The number of nitrogens with zero attached hydrogens (tertiary/aromatic N) is 3. The molecule has 3 aromatic rings. The third kappa shape index (κ3) is 4.86. The maximum atomic E-state index is 13.4. The number of benzene rings is 1. The second kappa shape index (κ2) is 9.89. The first-order chi connectivity index (χ1) is 15.2. The zero-order valence-corrected chi connectivity index (χ0v) is 18.3. The summed E-state index contributed by atoms with van der Waals surface area (Å²) in [6.45, 7) is 2.11.